The Kier molecular flexibility index (Phi) is 6.56. The molecule has 0 aromatic rings. The van der Waals surface area contributed by atoms with Gasteiger partial charge in [0.05, 0.1) is 0 Å². The van der Waals surface area contributed by atoms with Gasteiger partial charge in [0, 0.05) is 12.5 Å². The van der Waals surface area contributed by atoms with Crippen LogP contribution in [0.25, 0.3) is 0 Å². The van der Waals surface area contributed by atoms with Crippen molar-refractivity contribution in [1.29, 1.82) is 0 Å². The number of nitrogens with two attached hydrogens (primary N) is 1. The molecular weight excluding hydrogens is 212 g/mol. The van der Waals surface area contributed by atoms with E-state index in [1.807, 2.05) is 0 Å². The molecule has 3 nitrogen and oxygen atoms in total. The first-order chi connectivity index (χ1) is 8.13. The Hall–Kier alpha value is -0.570. The molecule has 1 rings (SSSR count). The van der Waals surface area contributed by atoms with Crippen LogP contribution in [0, 0.1) is 11.8 Å². The van der Waals surface area contributed by atoms with Gasteiger partial charge in [0.15, 0.2) is 0 Å². The SMILES string of the molecule is CC(CN)CCC(=O)NC1CCCCCC1C. The van der Waals surface area contributed by atoms with E-state index in [-0.39, 0.29) is 5.91 Å². The van der Waals surface area contributed by atoms with Crippen molar-refractivity contribution in [1.82, 2.24) is 5.32 Å². The molecule has 1 amide bonds. The van der Waals surface area contributed by atoms with Crippen LogP contribution in [-0.4, -0.2) is 18.5 Å². The lowest BCUT2D eigenvalue weighted by atomic mass is 9.96. The van der Waals surface area contributed by atoms with E-state index in [1.165, 1.54) is 25.7 Å². The highest BCUT2D eigenvalue weighted by atomic mass is 16.1. The minimum absolute atomic E-state index is 0.212. The van der Waals surface area contributed by atoms with Crippen LogP contribution < -0.4 is 11.1 Å². The van der Waals surface area contributed by atoms with E-state index in [9.17, 15) is 4.79 Å². The minimum atomic E-state index is 0.212. The third-order valence-corrected chi connectivity index (χ3v) is 3.97. The molecule has 0 spiro atoms. The fourth-order valence-electron chi connectivity index (χ4n) is 2.48. The van der Waals surface area contributed by atoms with Gasteiger partial charge >= 0.3 is 0 Å². The van der Waals surface area contributed by atoms with Gasteiger partial charge in [-0.2, -0.15) is 0 Å². The Labute approximate surface area is 106 Å². The molecule has 3 N–H and O–H groups in total. The molecule has 0 radical (unpaired) electrons. The first kappa shape index (κ1) is 14.5. The average molecular weight is 240 g/mol. The van der Waals surface area contributed by atoms with Crippen molar-refractivity contribution in [2.75, 3.05) is 6.54 Å². The first-order valence-electron chi connectivity index (χ1n) is 7.13. The highest BCUT2D eigenvalue weighted by Crippen LogP contribution is 2.23. The summed E-state index contributed by atoms with van der Waals surface area (Å²) >= 11 is 0. The molecule has 17 heavy (non-hydrogen) atoms. The standard InChI is InChI=1S/C14H28N2O/c1-11(10-15)8-9-14(17)16-13-7-5-3-4-6-12(13)2/h11-13H,3-10,15H2,1-2H3,(H,16,17). The number of hydrogen-bond acceptors (Lipinski definition) is 2. The molecule has 3 heteroatoms. The number of rotatable bonds is 5. The van der Waals surface area contributed by atoms with Crippen LogP contribution in [0.2, 0.25) is 0 Å². The van der Waals surface area contributed by atoms with Gasteiger partial charge in [-0.1, -0.05) is 33.1 Å². The molecule has 1 fully saturated rings. The zero-order valence-electron chi connectivity index (χ0n) is 11.4. The molecule has 0 aromatic heterocycles. The predicted octanol–water partition coefficient (Wildman–Crippen LogP) is 2.45. The zero-order valence-corrected chi connectivity index (χ0v) is 11.4. The van der Waals surface area contributed by atoms with E-state index in [1.54, 1.807) is 0 Å². The number of carbonyl (C=O) groups excluding carboxylic acids is 1. The van der Waals surface area contributed by atoms with E-state index in [0.717, 1.165) is 12.8 Å². The molecule has 0 saturated heterocycles. The van der Waals surface area contributed by atoms with Gasteiger partial charge in [-0.15, -0.1) is 0 Å². The van der Waals surface area contributed by atoms with Gasteiger partial charge < -0.3 is 11.1 Å². The van der Waals surface area contributed by atoms with Gasteiger partial charge in [-0.25, -0.2) is 0 Å². The van der Waals surface area contributed by atoms with Gasteiger partial charge in [0.25, 0.3) is 0 Å². The maximum atomic E-state index is 11.8. The molecule has 1 aliphatic carbocycles. The first-order valence-corrected chi connectivity index (χ1v) is 7.13. The van der Waals surface area contributed by atoms with E-state index in [2.05, 4.69) is 19.2 Å². The van der Waals surface area contributed by atoms with Crippen molar-refractivity contribution in [3.05, 3.63) is 0 Å². The summed E-state index contributed by atoms with van der Waals surface area (Å²) in [7, 11) is 0. The van der Waals surface area contributed by atoms with Crippen molar-refractivity contribution in [3.63, 3.8) is 0 Å². The van der Waals surface area contributed by atoms with Crippen LogP contribution >= 0.6 is 0 Å². The number of amides is 1. The predicted molar refractivity (Wildman–Crippen MR) is 71.6 cm³/mol. The van der Waals surface area contributed by atoms with Crippen LogP contribution in [0.1, 0.15) is 58.8 Å². The quantitative estimate of drug-likeness (QED) is 0.725. The molecule has 0 heterocycles. The van der Waals surface area contributed by atoms with Crippen LogP contribution in [0.4, 0.5) is 0 Å². The van der Waals surface area contributed by atoms with E-state index >= 15 is 0 Å². The minimum Gasteiger partial charge on any atom is -0.353 e. The van der Waals surface area contributed by atoms with Crippen LogP contribution in [0.15, 0.2) is 0 Å². The average Bonchev–Trinajstić information content (AvgIpc) is 2.52. The molecular formula is C14H28N2O. The molecule has 0 aromatic carbocycles. The Bertz CT molecular complexity index is 230. The van der Waals surface area contributed by atoms with Crippen molar-refractivity contribution in [2.45, 2.75) is 64.8 Å². The zero-order chi connectivity index (χ0) is 12.7. The maximum absolute atomic E-state index is 11.8. The van der Waals surface area contributed by atoms with Crippen molar-refractivity contribution >= 4 is 5.91 Å². The lowest BCUT2D eigenvalue weighted by Crippen LogP contribution is -2.39. The second-order valence-corrected chi connectivity index (χ2v) is 5.67. The summed E-state index contributed by atoms with van der Waals surface area (Å²) < 4.78 is 0. The number of hydrogen-bond donors (Lipinski definition) is 2. The van der Waals surface area contributed by atoms with Crippen molar-refractivity contribution in [3.8, 4) is 0 Å². The third kappa shape index (κ3) is 5.53. The topological polar surface area (TPSA) is 55.1 Å². The van der Waals surface area contributed by atoms with Gasteiger partial charge in [0.2, 0.25) is 5.91 Å². The van der Waals surface area contributed by atoms with E-state index in [0.29, 0.717) is 30.8 Å². The molecule has 100 valence electrons. The molecule has 3 unspecified atom stereocenters. The summed E-state index contributed by atoms with van der Waals surface area (Å²) in [5.41, 5.74) is 5.55. The van der Waals surface area contributed by atoms with Gasteiger partial charge in [-0.05, 0) is 37.6 Å². The molecule has 0 aliphatic heterocycles. The van der Waals surface area contributed by atoms with Crippen molar-refractivity contribution in [2.24, 2.45) is 17.6 Å². The summed E-state index contributed by atoms with van der Waals surface area (Å²) in [6.45, 7) is 5.04. The Morgan fingerprint density at radius 3 is 2.76 bits per heavy atom. The van der Waals surface area contributed by atoms with Crippen molar-refractivity contribution < 1.29 is 4.79 Å². The summed E-state index contributed by atoms with van der Waals surface area (Å²) in [6, 6.07) is 0.401. The van der Waals surface area contributed by atoms with Crippen LogP contribution in [0.5, 0.6) is 0 Å². The smallest absolute Gasteiger partial charge is 0.220 e. The van der Waals surface area contributed by atoms with Gasteiger partial charge in [-0.3, -0.25) is 4.79 Å². The monoisotopic (exact) mass is 240 g/mol. The lowest BCUT2D eigenvalue weighted by molar-refractivity contribution is -0.122. The van der Waals surface area contributed by atoms with E-state index < -0.39 is 0 Å². The molecule has 1 saturated carbocycles. The van der Waals surface area contributed by atoms with Crippen LogP contribution in [-0.2, 0) is 4.79 Å². The summed E-state index contributed by atoms with van der Waals surface area (Å²) in [5, 5.41) is 3.21. The fourth-order valence-corrected chi connectivity index (χ4v) is 2.48. The van der Waals surface area contributed by atoms with Gasteiger partial charge in [0.1, 0.15) is 0 Å². The Morgan fingerprint density at radius 1 is 1.35 bits per heavy atom. The Balaban J connectivity index is 2.28. The van der Waals surface area contributed by atoms with E-state index in [4.69, 9.17) is 5.73 Å². The summed E-state index contributed by atoms with van der Waals surface area (Å²) in [4.78, 5) is 11.8. The maximum Gasteiger partial charge on any atom is 0.220 e. The molecule has 3 atom stereocenters. The Morgan fingerprint density at radius 2 is 2.06 bits per heavy atom. The number of carbonyl (C=O) groups is 1. The lowest BCUT2D eigenvalue weighted by Gasteiger charge is -2.23. The fraction of sp³-hybridized carbons (Fsp3) is 0.929. The molecule has 0 bridgehead atoms. The third-order valence-electron chi connectivity index (χ3n) is 3.97. The molecule has 1 aliphatic rings. The second-order valence-electron chi connectivity index (χ2n) is 5.67. The normalized spacial score (nSPS) is 27.2. The second kappa shape index (κ2) is 7.70. The van der Waals surface area contributed by atoms with Crippen LogP contribution in [0.3, 0.4) is 0 Å². The summed E-state index contributed by atoms with van der Waals surface area (Å²) in [5.74, 6) is 1.30. The number of nitrogens with one attached hydrogen (secondary N) is 1. The highest BCUT2D eigenvalue weighted by molar-refractivity contribution is 5.76. The highest BCUT2D eigenvalue weighted by Gasteiger charge is 2.21. The summed E-state index contributed by atoms with van der Waals surface area (Å²) in [6.07, 6.45) is 7.83. The largest absolute Gasteiger partial charge is 0.353 e.